The molecule has 2 N–H and O–H groups in total. The molecule has 0 heterocycles. The highest BCUT2D eigenvalue weighted by atomic mass is 32.1. The van der Waals surface area contributed by atoms with Gasteiger partial charge in [0.1, 0.15) is 11.3 Å². The molecule has 3 nitrogen and oxygen atoms in total. The van der Waals surface area contributed by atoms with E-state index in [2.05, 4.69) is 5.73 Å². The lowest BCUT2D eigenvalue weighted by Crippen LogP contribution is -2.35. The fourth-order valence-corrected chi connectivity index (χ4v) is 0.405. The molecule has 0 saturated carbocycles. The molecular weight excluding hydrogens is 171 g/mol. The summed E-state index contributed by atoms with van der Waals surface area (Å²) in [7, 11) is 0. The van der Waals surface area contributed by atoms with Crippen molar-refractivity contribution in [1.82, 2.24) is 0 Å². The van der Waals surface area contributed by atoms with E-state index in [1.54, 1.807) is 0 Å². The van der Waals surface area contributed by atoms with Crippen molar-refractivity contribution in [3.63, 3.8) is 0 Å². The minimum atomic E-state index is -4.92. The smallest absolute Gasteiger partial charge is 0.365 e. The molecule has 0 aromatic carbocycles. The van der Waals surface area contributed by atoms with Gasteiger partial charge in [-0.3, -0.25) is 4.79 Å². The molecule has 0 spiro atoms. The molecule has 58 valence electrons. The fraction of sp³-hybridized carbons (Fsp3) is 0.333. The van der Waals surface area contributed by atoms with E-state index < -0.39 is 28.2 Å². The van der Waals surface area contributed by atoms with Gasteiger partial charge in [0.2, 0.25) is 4.86 Å². The van der Waals surface area contributed by atoms with Gasteiger partial charge in [-0.1, -0.05) is 0 Å². The molecule has 0 aliphatic carbocycles. The van der Waals surface area contributed by atoms with Gasteiger partial charge < -0.3 is 5.73 Å². The van der Waals surface area contributed by atoms with E-state index in [4.69, 9.17) is 0 Å². The maximum Gasteiger partial charge on any atom is 0.434 e. The van der Waals surface area contributed by atoms with Crippen LogP contribution in [-0.2, 0) is 16.1 Å². The summed E-state index contributed by atoms with van der Waals surface area (Å²) in [5, 5.41) is 0. The number of primary amides is 1. The maximum absolute atomic E-state index is 11.4. The predicted molar refractivity (Wildman–Crippen MR) is 28.4 cm³/mol. The van der Waals surface area contributed by atoms with Crippen molar-refractivity contribution >= 4 is 22.0 Å². The summed E-state index contributed by atoms with van der Waals surface area (Å²) < 4.78 is 43.8. The van der Waals surface area contributed by atoms with E-state index in [9.17, 15) is 22.2 Å². The van der Waals surface area contributed by atoms with Crippen LogP contribution >= 0.6 is 0 Å². The van der Waals surface area contributed by atoms with Gasteiger partial charge in [-0.05, 0) is 0 Å². The Kier molecular flexibility index (Phi) is 2.58. The van der Waals surface area contributed by atoms with Crippen LogP contribution in [0, 0.1) is 0 Å². The second-order valence-electron chi connectivity index (χ2n) is 1.27. The zero-order valence-electron chi connectivity index (χ0n) is 4.44. The predicted octanol–water partition coefficient (Wildman–Crippen LogP) is -0.581. The van der Waals surface area contributed by atoms with Gasteiger partial charge in [0.25, 0.3) is 5.91 Å². The molecule has 0 aliphatic rings. The van der Waals surface area contributed by atoms with Gasteiger partial charge in [0.15, 0.2) is 0 Å². The number of carbonyl (C=O) groups excluding carboxylic acids is 1. The Morgan fingerprint density at radius 2 is 1.80 bits per heavy atom. The quantitative estimate of drug-likeness (QED) is 0.539. The normalized spacial score (nSPS) is 10.7. The molecule has 0 fully saturated rings. The third-order valence-electron chi connectivity index (χ3n) is 0.565. The molecule has 0 aliphatic heterocycles. The van der Waals surface area contributed by atoms with Gasteiger partial charge in [-0.2, -0.15) is 13.2 Å². The van der Waals surface area contributed by atoms with Crippen molar-refractivity contribution in [2.24, 2.45) is 5.73 Å². The van der Waals surface area contributed by atoms with E-state index in [1.165, 1.54) is 0 Å². The van der Waals surface area contributed by atoms with Crippen LogP contribution in [0.2, 0.25) is 0 Å². The average Bonchev–Trinajstić information content (AvgIpc) is 1.60. The van der Waals surface area contributed by atoms with Gasteiger partial charge >= 0.3 is 6.18 Å². The van der Waals surface area contributed by atoms with Crippen LogP contribution in [-0.4, -0.2) is 21.2 Å². The Labute approximate surface area is 57.1 Å². The SMILES string of the molecule is NC(=O)C(=S=O)C(F)(F)F. The second-order valence-corrected chi connectivity index (χ2v) is 1.85. The molecule has 0 atom stereocenters. The molecule has 0 bridgehead atoms. The molecule has 1 amide bonds. The number of alkyl halides is 3. The average molecular weight is 173 g/mol. The molecule has 0 aromatic rings. The summed E-state index contributed by atoms with van der Waals surface area (Å²) in [6.07, 6.45) is -4.92. The molecule has 0 aromatic heterocycles. The minimum absolute atomic E-state index is 0.948. The Balaban J connectivity index is 4.74. The van der Waals surface area contributed by atoms with Crippen molar-refractivity contribution in [3.8, 4) is 0 Å². The fourth-order valence-electron chi connectivity index (χ4n) is 0.228. The summed E-state index contributed by atoms with van der Waals surface area (Å²) in [5.41, 5.74) is 4.22. The Bertz CT molecular complexity index is 204. The van der Waals surface area contributed by atoms with E-state index in [1.807, 2.05) is 0 Å². The largest absolute Gasteiger partial charge is 0.434 e. The lowest BCUT2D eigenvalue weighted by Gasteiger charge is -2.01. The van der Waals surface area contributed by atoms with Gasteiger partial charge in [-0.15, -0.1) is 0 Å². The zero-order chi connectivity index (χ0) is 8.36. The summed E-state index contributed by atoms with van der Waals surface area (Å²) in [4.78, 5) is 8.00. The molecule has 0 radical (unpaired) electrons. The molecule has 10 heavy (non-hydrogen) atoms. The first-order valence-electron chi connectivity index (χ1n) is 1.93. The van der Waals surface area contributed by atoms with Crippen LogP contribution < -0.4 is 5.73 Å². The van der Waals surface area contributed by atoms with Gasteiger partial charge in [-0.25, -0.2) is 4.21 Å². The summed E-state index contributed by atoms with van der Waals surface area (Å²) in [6, 6.07) is 0. The first kappa shape index (κ1) is 9.15. The maximum atomic E-state index is 11.4. The van der Waals surface area contributed by atoms with Crippen LogP contribution in [0.5, 0.6) is 0 Å². The second kappa shape index (κ2) is 2.82. The van der Waals surface area contributed by atoms with Crippen LogP contribution in [0.1, 0.15) is 0 Å². The Morgan fingerprint density at radius 3 is 1.80 bits per heavy atom. The van der Waals surface area contributed by atoms with Crippen LogP contribution in [0.15, 0.2) is 0 Å². The minimum Gasteiger partial charge on any atom is -0.365 e. The number of amides is 1. The van der Waals surface area contributed by atoms with Crippen LogP contribution in [0.25, 0.3) is 0 Å². The lowest BCUT2D eigenvalue weighted by atomic mass is 10.4. The third-order valence-corrected chi connectivity index (χ3v) is 1.16. The first-order chi connectivity index (χ1) is 4.39. The number of carbonyl (C=O) groups is 1. The summed E-state index contributed by atoms with van der Waals surface area (Å²) in [6.45, 7) is 0. The molecule has 7 heteroatoms. The number of nitrogens with two attached hydrogens (primary N) is 1. The number of rotatable bonds is 1. The molecular formula is C3H2F3NO2S. The number of hydrogen-bond donors (Lipinski definition) is 1. The lowest BCUT2D eigenvalue weighted by molar-refractivity contribution is -0.115. The monoisotopic (exact) mass is 173 g/mol. The topological polar surface area (TPSA) is 60.2 Å². The zero-order valence-corrected chi connectivity index (χ0v) is 5.25. The molecule has 0 rings (SSSR count). The first-order valence-corrected chi connectivity index (χ1v) is 2.67. The van der Waals surface area contributed by atoms with Gasteiger partial charge in [0.05, 0.1) is 0 Å². The standard InChI is InChI=1S/C3H2F3NO2S/c4-3(5,6)1(10-9)2(7)8/h(H2,7,8). The summed E-state index contributed by atoms with van der Waals surface area (Å²) in [5.74, 6) is -1.74. The van der Waals surface area contributed by atoms with Crippen LogP contribution in [0.4, 0.5) is 13.2 Å². The van der Waals surface area contributed by atoms with Crippen molar-refractivity contribution in [3.05, 3.63) is 0 Å². The Hall–Kier alpha value is -0.850. The van der Waals surface area contributed by atoms with Crippen molar-refractivity contribution in [1.29, 1.82) is 0 Å². The van der Waals surface area contributed by atoms with Crippen molar-refractivity contribution in [2.45, 2.75) is 6.18 Å². The van der Waals surface area contributed by atoms with E-state index in [-0.39, 0.29) is 0 Å². The number of halogens is 3. The molecule has 0 saturated heterocycles. The highest BCUT2D eigenvalue weighted by Gasteiger charge is 2.39. The van der Waals surface area contributed by atoms with Gasteiger partial charge in [0, 0.05) is 0 Å². The van der Waals surface area contributed by atoms with E-state index in [0.29, 0.717) is 0 Å². The van der Waals surface area contributed by atoms with Crippen molar-refractivity contribution < 1.29 is 22.2 Å². The third kappa shape index (κ3) is 2.18. The Morgan fingerprint density at radius 1 is 1.40 bits per heavy atom. The van der Waals surface area contributed by atoms with Crippen LogP contribution in [0.3, 0.4) is 0 Å². The summed E-state index contributed by atoms with van der Waals surface area (Å²) >= 11 is -0.948. The number of hydrogen-bond acceptors (Lipinski definition) is 2. The van der Waals surface area contributed by atoms with E-state index in [0.717, 1.165) is 0 Å². The molecule has 0 unspecified atom stereocenters. The highest BCUT2D eigenvalue weighted by Crippen LogP contribution is 2.15. The van der Waals surface area contributed by atoms with Crippen molar-refractivity contribution in [2.75, 3.05) is 0 Å². The highest BCUT2D eigenvalue weighted by molar-refractivity contribution is 7.68. The van der Waals surface area contributed by atoms with E-state index >= 15 is 0 Å².